The molecule has 1 amide bonds. The predicted molar refractivity (Wildman–Crippen MR) is 90.8 cm³/mol. The quantitative estimate of drug-likeness (QED) is 0.924. The molecular formula is C18H19NO4S. The van der Waals surface area contributed by atoms with Gasteiger partial charge in [-0.25, -0.2) is 8.42 Å². The first-order valence-corrected chi connectivity index (χ1v) is 9.33. The average Bonchev–Trinajstić information content (AvgIpc) is 2.61. The number of benzene rings is 2. The Kier molecular flexibility index (Phi) is 4.69. The van der Waals surface area contributed by atoms with Crippen molar-refractivity contribution in [3.05, 3.63) is 71.3 Å². The fraction of sp³-hybridized carbons (Fsp3) is 0.278. The molecular weight excluding hydrogens is 326 g/mol. The number of carbonyl (C=O) groups excluding carboxylic acids is 1. The van der Waals surface area contributed by atoms with Crippen LogP contribution < -0.4 is 4.72 Å². The Morgan fingerprint density at radius 1 is 1.12 bits per heavy atom. The summed E-state index contributed by atoms with van der Waals surface area (Å²) in [6, 6.07) is 16.2. The maximum Gasteiger partial charge on any atom is 0.267 e. The number of hydrogen-bond donors (Lipinski definition) is 1. The van der Waals surface area contributed by atoms with Gasteiger partial charge in [0.1, 0.15) is 5.25 Å². The second-order valence-electron chi connectivity index (χ2n) is 5.76. The lowest BCUT2D eigenvalue weighted by Crippen LogP contribution is -2.39. The SMILES string of the molecule is C[C@@H](c1ccccc1)S(=O)(=O)NC(=O)[C@@H]1OCCc2ccccc21. The Morgan fingerprint density at radius 2 is 1.79 bits per heavy atom. The average molecular weight is 345 g/mol. The largest absolute Gasteiger partial charge is 0.363 e. The van der Waals surface area contributed by atoms with Gasteiger partial charge in [0.05, 0.1) is 6.61 Å². The summed E-state index contributed by atoms with van der Waals surface area (Å²) in [7, 11) is -3.84. The minimum Gasteiger partial charge on any atom is -0.363 e. The zero-order valence-corrected chi connectivity index (χ0v) is 14.1. The van der Waals surface area contributed by atoms with Gasteiger partial charge in [-0.3, -0.25) is 9.52 Å². The van der Waals surface area contributed by atoms with Crippen molar-refractivity contribution in [3.8, 4) is 0 Å². The van der Waals surface area contributed by atoms with Crippen LogP contribution in [0, 0.1) is 0 Å². The number of sulfonamides is 1. The van der Waals surface area contributed by atoms with Gasteiger partial charge < -0.3 is 4.74 Å². The van der Waals surface area contributed by atoms with Gasteiger partial charge in [-0.2, -0.15) is 0 Å². The molecule has 1 N–H and O–H groups in total. The summed E-state index contributed by atoms with van der Waals surface area (Å²) in [5, 5.41) is -0.832. The van der Waals surface area contributed by atoms with Crippen molar-refractivity contribution in [1.29, 1.82) is 0 Å². The van der Waals surface area contributed by atoms with Crippen molar-refractivity contribution in [3.63, 3.8) is 0 Å². The van der Waals surface area contributed by atoms with Crippen molar-refractivity contribution in [2.75, 3.05) is 6.61 Å². The number of carbonyl (C=O) groups is 1. The van der Waals surface area contributed by atoms with Gasteiger partial charge in [0.25, 0.3) is 5.91 Å². The molecule has 0 spiro atoms. The van der Waals surface area contributed by atoms with Crippen LogP contribution in [-0.2, 0) is 26.0 Å². The van der Waals surface area contributed by atoms with Crippen molar-refractivity contribution >= 4 is 15.9 Å². The van der Waals surface area contributed by atoms with Crippen LogP contribution in [0.3, 0.4) is 0 Å². The van der Waals surface area contributed by atoms with E-state index in [4.69, 9.17) is 4.74 Å². The molecule has 2 atom stereocenters. The minimum absolute atomic E-state index is 0.392. The van der Waals surface area contributed by atoms with E-state index < -0.39 is 27.3 Å². The molecule has 0 saturated carbocycles. The Morgan fingerprint density at radius 3 is 2.54 bits per heavy atom. The minimum atomic E-state index is -3.84. The molecule has 126 valence electrons. The van der Waals surface area contributed by atoms with Crippen molar-refractivity contribution in [1.82, 2.24) is 4.72 Å². The highest BCUT2D eigenvalue weighted by Crippen LogP contribution is 2.28. The zero-order chi connectivity index (χ0) is 17.2. The molecule has 1 aliphatic heterocycles. The lowest BCUT2D eigenvalue weighted by Gasteiger charge is -2.25. The van der Waals surface area contributed by atoms with Gasteiger partial charge in [0.2, 0.25) is 10.0 Å². The van der Waals surface area contributed by atoms with Gasteiger partial charge in [-0.1, -0.05) is 54.6 Å². The third kappa shape index (κ3) is 3.34. The predicted octanol–water partition coefficient (Wildman–Crippen LogP) is 2.51. The molecule has 1 heterocycles. The molecule has 0 fully saturated rings. The number of amides is 1. The first-order chi connectivity index (χ1) is 11.5. The summed E-state index contributed by atoms with van der Waals surface area (Å²) in [5.74, 6) is -0.648. The second-order valence-corrected chi connectivity index (χ2v) is 7.77. The summed E-state index contributed by atoms with van der Waals surface area (Å²) in [6.07, 6.45) is -0.180. The van der Waals surface area contributed by atoms with E-state index in [1.807, 2.05) is 24.3 Å². The lowest BCUT2D eigenvalue weighted by atomic mass is 9.97. The normalized spacial score (nSPS) is 18.5. The van der Waals surface area contributed by atoms with Gasteiger partial charge >= 0.3 is 0 Å². The molecule has 24 heavy (non-hydrogen) atoms. The highest BCUT2D eigenvalue weighted by atomic mass is 32.2. The Hall–Kier alpha value is -2.18. The van der Waals surface area contributed by atoms with E-state index in [1.54, 1.807) is 37.3 Å². The van der Waals surface area contributed by atoms with Gasteiger partial charge in [0, 0.05) is 0 Å². The first kappa shape index (κ1) is 16.7. The standard InChI is InChI=1S/C18H19NO4S/c1-13(14-7-3-2-4-8-14)24(21,22)19-18(20)17-16-10-6-5-9-15(16)11-12-23-17/h2-10,13,17H,11-12H2,1H3,(H,19,20)/t13-,17+/m0/s1. The Labute approximate surface area is 141 Å². The van der Waals surface area contributed by atoms with Crippen LogP contribution in [0.5, 0.6) is 0 Å². The molecule has 1 aliphatic rings. The number of rotatable bonds is 4. The van der Waals surface area contributed by atoms with E-state index in [0.29, 0.717) is 18.6 Å². The van der Waals surface area contributed by atoms with Crippen LogP contribution in [0.15, 0.2) is 54.6 Å². The van der Waals surface area contributed by atoms with Crippen LogP contribution in [0.25, 0.3) is 0 Å². The number of nitrogens with one attached hydrogen (secondary N) is 1. The zero-order valence-electron chi connectivity index (χ0n) is 13.3. The van der Waals surface area contributed by atoms with Gasteiger partial charge in [0.15, 0.2) is 6.10 Å². The first-order valence-electron chi connectivity index (χ1n) is 7.79. The van der Waals surface area contributed by atoms with E-state index >= 15 is 0 Å². The second kappa shape index (κ2) is 6.75. The highest BCUT2D eigenvalue weighted by molar-refractivity contribution is 7.90. The third-order valence-electron chi connectivity index (χ3n) is 4.21. The van der Waals surface area contributed by atoms with E-state index in [-0.39, 0.29) is 0 Å². The smallest absolute Gasteiger partial charge is 0.267 e. The van der Waals surface area contributed by atoms with Crippen LogP contribution in [-0.4, -0.2) is 20.9 Å². The van der Waals surface area contributed by atoms with Crippen LogP contribution in [0.1, 0.15) is 35.0 Å². The summed E-state index contributed by atoms with van der Waals surface area (Å²) >= 11 is 0. The number of ether oxygens (including phenoxy) is 1. The topological polar surface area (TPSA) is 72.5 Å². The van der Waals surface area contributed by atoms with Gasteiger partial charge in [-0.05, 0) is 30.0 Å². The van der Waals surface area contributed by atoms with Crippen LogP contribution >= 0.6 is 0 Å². The van der Waals surface area contributed by atoms with Crippen molar-refractivity contribution < 1.29 is 17.9 Å². The highest BCUT2D eigenvalue weighted by Gasteiger charge is 2.32. The van der Waals surface area contributed by atoms with Crippen molar-refractivity contribution in [2.45, 2.75) is 24.7 Å². The molecule has 5 nitrogen and oxygen atoms in total. The fourth-order valence-electron chi connectivity index (χ4n) is 2.80. The third-order valence-corrected chi connectivity index (χ3v) is 5.90. The van der Waals surface area contributed by atoms with Crippen molar-refractivity contribution in [2.24, 2.45) is 0 Å². The molecule has 0 radical (unpaired) electrons. The summed E-state index contributed by atoms with van der Waals surface area (Å²) < 4.78 is 32.7. The monoisotopic (exact) mass is 345 g/mol. The summed E-state index contributed by atoms with van der Waals surface area (Å²) in [6.45, 7) is 1.95. The molecule has 2 aromatic rings. The molecule has 0 aromatic heterocycles. The number of hydrogen-bond acceptors (Lipinski definition) is 4. The molecule has 6 heteroatoms. The molecule has 0 aliphatic carbocycles. The van der Waals surface area contributed by atoms with Crippen LogP contribution in [0.2, 0.25) is 0 Å². The molecule has 3 rings (SSSR count). The van der Waals surface area contributed by atoms with Gasteiger partial charge in [-0.15, -0.1) is 0 Å². The van der Waals surface area contributed by atoms with E-state index in [1.165, 1.54) is 0 Å². The van der Waals surface area contributed by atoms with E-state index in [9.17, 15) is 13.2 Å². The van der Waals surface area contributed by atoms with E-state index in [0.717, 1.165) is 11.1 Å². The molecule has 0 saturated heterocycles. The maximum absolute atomic E-state index is 12.5. The molecule has 0 unspecified atom stereocenters. The molecule has 2 aromatic carbocycles. The number of fused-ring (bicyclic) bond motifs is 1. The Bertz CT molecular complexity index is 833. The maximum atomic E-state index is 12.5. The fourth-order valence-corrected chi connectivity index (χ4v) is 3.88. The summed E-state index contributed by atoms with van der Waals surface area (Å²) in [5.41, 5.74) is 2.36. The van der Waals surface area contributed by atoms with E-state index in [2.05, 4.69) is 4.72 Å². The lowest BCUT2D eigenvalue weighted by molar-refractivity contribution is -0.132. The Balaban J connectivity index is 1.80. The molecule has 0 bridgehead atoms. The summed E-state index contributed by atoms with van der Waals surface area (Å²) in [4.78, 5) is 12.5. The van der Waals surface area contributed by atoms with Crippen LogP contribution in [0.4, 0.5) is 0 Å².